The summed E-state index contributed by atoms with van der Waals surface area (Å²) in [6.07, 6.45) is 0.732. The van der Waals surface area contributed by atoms with E-state index in [1.807, 2.05) is 13.8 Å². The molecule has 0 atom stereocenters. The Morgan fingerprint density at radius 3 is 2.81 bits per heavy atom. The summed E-state index contributed by atoms with van der Waals surface area (Å²) in [5, 5.41) is 7.79. The van der Waals surface area contributed by atoms with Crippen molar-refractivity contribution in [3.05, 3.63) is 35.3 Å². The zero-order valence-electron chi connectivity index (χ0n) is 9.24. The van der Waals surface area contributed by atoms with Gasteiger partial charge in [0.15, 0.2) is 5.82 Å². The van der Waals surface area contributed by atoms with Crippen LogP contribution in [0.5, 0.6) is 0 Å². The summed E-state index contributed by atoms with van der Waals surface area (Å²) >= 11 is 0. The number of aromatic nitrogens is 3. The van der Waals surface area contributed by atoms with E-state index in [0.29, 0.717) is 5.82 Å². The summed E-state index contributed by atoms with van der Waals surface area (Å²) in [6.45, 7) is 3.81. The maximum absolute atomic E-state index is 13.0. The minimum Gasteiger partial charge on any atom is -0.381 e. The molecule has 0 amide bonds. The van der Waals surface area contributed by atoms with Crippen LogP contribution >= 0.6 is 0 Å². The maximum atomic E-state index is 13.0. The number of anilines is 1. The molecule has 0 spiro atoms. The van der Waals surface area contributed by atoms with Crippen molar-refractivity contribution >= 4 is 5.82 Å². The third-order valence-corrected chi connectivity index (χ3v) is 2.52. The van der Waals surface area contributed by atoms with Crippen LogP contribution in [-0.4, -0.2) is 15.0 Å². The van der Waals surface area contributed by atoms with E-state index in [0.717, 1.165) is 23.4 Å². The standard InChI is InChI=1S/C11H13FN4/c1-3-9-11(13)14-15-16(9)10-5-4-8(12)6-7(10)2/h4-6H,3,13H2,1-2H3. The van der Waals surface area contributed by atoms with Crippen LogP contribution in [0.1, 0.15) is 18.2 Å². The van der Waals surface area contributed by atoms with E-state index in [2.05, 4.69) is 10.3 Å². The quantitative estimate of drug-likeness (QED) is 0.840. The van der Waals surface area contributed by atoms with Crippen molar-refractivity contribution in [2.75, 3.05) is 5.73 Å². The second kappa shape index (κ2) is 3.92. The Hall–Kier alpha value is -1.91. The van der Waals surface area contributed by atoms with E-state index in [1.165, 1.54) is 12.1 Å². The minimum atomic E-state index is -0.257. The van der Waals surface area contributed by atoms with Gasteiger partial charge in [-0.2, -0.15) is 0 Å². The van der Waals surface area contributed by atoms with Crippen molar-refractivity contribution in [2.45, 2.75) is 20.3 Å². The molecule has 0 radical (unpaired) electrons. The molecule has 84 valence electrons. The molecule has 0 aliphatic rings. The van der Waals surface area contributed by atoms with E-state index in [4.69, 9.17) is 5.73 Å². The lowest BCUT2D eigenvalue weighted by molar-refractivity contribution is 0.625. The van der Waals surface area contributed by atoms with Crippen molar-refractivity contribution in [3.63, 3.8) is 0 Å². The van der Waals surface area contributed by atoms with Gasteiger partial charge in [0.2, 0.25) is 0 Å². The van der Waals surface area contributed by atoms with Crippen LogP contribution in [0.2, 0.25) is 0 Å². The molecular weight excluding hydrogens is 207 g/mol. The molecular formula is C11H13FN4. The fourth-order valence-corrected chi connectivity index (χ4v) is 1.69. The van der Waals surface area contributed by atoms with Gasteiger partial charge in [0.1, 0.15) is 5.82 Å². The molecule has 0 fully saturated rings. The van der Waals surface area contributed by atoms with E-state index in [1.54, 1.807) is 10.7 Å². The molecule has 16 heavy (non-hydrogen) atoms. The summed E-state index contributed by atoms with van der Waals surface area (Å²) in [4.78, 5) is 0. The second-order valence-corrected chi connectivity index (χ2v) is 3.62. The van der Waals surface area contributed by atoms with Gasteiger partial charge in [0.05, 0.1) is 11.4 Å². The molecule has 2 N–H and O–H groups in total. The number of nitrogens with two attached hydrogens (primary N) is 1. The summed E-state index contributed by atoms with van der Waals surface area (Å²) < 4.78 is 14.6. The predicted molar refractivity (Wildman–Crippen MR) is 59.8 cm³/mol. The summed E-state index contributed by atoms with van der Waals surface area (Å²) in [6, 6.07) is 4.55. The number of nitrogen functional groups attached to an aromatic ring is 1. The monoisotopic (exact) mass is 220 g/mol. The van der Waals surface area contributed by atoms with Crippen LogP contribution < -0.4 is 5.73 Å². The SMILES string of the molecule is CCc1c(N)nnn1-c1ccc(F)cc1C. The van der Waals surface area contributed by atoms with Crippen molar-refractivity contribution in [3.8, 4) is 5.69 Å². The zero-order chi connectivity index (χ0) is 11.7. The van der Waals surface area contributed by atoms with Gasteiger partial charge in [-0.15, -0.1) is 5.10 Å². The van der Waals surface area contributed by atoms with Gasteiger partial charge < -0.3 is 5.73 Å². The Bertz CT molecular complexity index is 519. The van der Waals surface area contributed by atoms with Gasteiger partial charge in [-0.3, -0.25) is 0 Å². The molecule has 0 aliphatic heterocycles. The smallest absolute Gasteiger partial charge is 0.169 e. The lowest BCUT2D eigenvalue weighted by atomic mass is 10.2. The van der Waals surface area contributed by atoms with Gasteiger partial charge in [0, 0.05) is 0 Å². The number of hydrogen-bond acceptors (Lipinski definition) is 3. The first kappa shape index (κ1) is 10.6. The number of nitrogens with zero attached hydrogens (tertiary/aromatic N) is 3. The largest absolute Gasteiger partial charge is 0.381 e. The number of aryl methyl sites for hydroxylation is 1. The van der Waals surface area contributed by atoms with Gasteiger partial charge in [-0.05, 0) is 37.1 Å². The molecule has 1 aromatic carbocycles. The molecule has 2 rings (SSSR count). The van der Waals surface area contributed by atoms with Crippen molar-refractivity contribution in [2.24, 2.45) is 0 Å². The molecule has 0 bridgehead atoms. The Morgan fingerprint density at radius 1 is 1.44 bits per heavy atom. The van der Waals surface area contributed by atoms with E-state index in [-0.39, 0.29) is 5.82 Å². The molecule has 1 aromatic heterocycles. The second-order valence-electron chi connectivity index (χ2n) is 3.62. The third-order valence-electron chi connectivity index (χ3n) is 2.52. The highest BCUT2D eigenvalue weighted by atomic mass is 19.1. The van der Waals surface area contributed by atoms with Crippen LogP contribution in [-0.2, 0) is 6.42 Å². The third kappa shape index (κ3) is 1.64. The van der Waals surface area contributed by atoms with Gasteiger partial charge in [-0.25, -0.2) is 9.07 Å². The summed E-state index contributed by atoms with van der Waals surface area (Å²) in [5.41, 5.74) is 8.16. The average Bonchev–Trinajstić information content (AvgIpc) is 2.59. The lowest BCUT2D eigenvalue weighted by Crippen LogP contribution is -2.04. The molecule has 2 aromatic rings. The Morgan fingerprint density at radius 2 is 2.19 bits per heavy atom. The summed E-state index contributed by atoms with van der Waals surface area (Å²) in [5.74, 6) is 0.165. The molecule has 5 heteroatoms. The van der Waals surface area contributed by atoms with Gasteiger partial charge >= 0.3 is 0 Å². The molecule has 0 saturated carbocycles. The fourth-order valence-electron chi connectivity index (χ4n) is 1.69. The Kier molecular flexibility index (Phi) is 2.60. The molecule has 1 heterocycles. The molecule has 0 unspecified atom stereocenters. The normalized spacial score (nSPS) is 10.7. The maximum Gasteiger partial charge on any atom is 0.169 e. The van der Waals surface area contributed by atoms with Gasteiger partial charge in [-0.1, -0.05) is 12.1 Å². The van der Waals surface area contributed by atoms with Crippen LogP contribution in [0.25, 0.3) is 5.69 Å². The Labute approximate surface area is 92.9 Å². The first-order valence-electron chi connectivity index (χ1n) is 5.10. The number of hydrogen-bond donors (Lipinski definition) is 1. The van der Waals surface area contributed by atoms with E-state index < -0.39 is 0 Å². The first-order valence-corrected chi connectivity index (χ1v) is 5.10. The lowest BCUT2D eigenvalue weighted by Gasteiger charge is -2.08. The van der Waals surface area contributed by atoms with E-state index in [9.17, 15) is 4.39 Å². The highest BCUT2D eigenvalue weighted by Crippen LogP contribution is 2.19. The van der Waals surface area contributed by atoms with Crippen molar-refractivity contribution in [1.29, 1.82) is 0 Å². The molecule has 4 nitrogen and oxygen atoms in total. The van der Waals surface area contributed by atoms with Crippen molar-refractivity contribution in [1.82, 2.24) is 15.0 Å². The molecule has 0 aliphatic carbocycles. The number of halogens is 1. The summed E-state index contributed by atoms with van der Waals surface area (Å²) in [7, 11) is 0. The minimum absolute atomic E-state index is 0.257. The topological polar surface area (TPSA) is 56.7 Å². The van der Waals surface area contributed by atoms with E-state index >= 15 is 0 Å². The highest BCUT2D eigenvalue weighted by molar-refractivity contribution is 5.45. The first-order chi connectivity index (χ1) is 7.63. The number of rotatable bonds is 2. The molecule has 0 saturated heterocycles. The van der Waals surface area contributed by atoms with Crippen LogP contribution in [0.15, 0.2) is 18.2 Å². The fraction of sp³-hybridized carbons (Fsp3) is 0.273. The predicted octanol–water partition coefficient (Wildman–Crippen LogP) is 1.86. The number of benzene rings is 1. The average molecular weight is 220 g/mol. The van der Waals surface area contributed by atoms with Crippen LogP contribution in [0.4, 0.5) is 10.2 Å². The van der Waals surface area contributed by atoms with Crippen molar-refractivity contribution < 1.29 is 4.39 Å². The highest BCUT2D eigenvalue weighted by Gasteiger charge is 2.11. The zero-order valence-corrected chi connectivity index (χ0v) is 9.24. The van der Waals surface area contributed by atoms with Crippen LogP contribution in [0.3, 0.4) is 0 Å². The van der Waals surface area contributed by atoms with Crippen LogP contribution in [0, 0.1) is 12.7 Å². The van der Waals surface area contributed by atoms with Gasteiger partial charge in [0.25, 0.3) is 0 Å². The Balaban J connectivity index is 2.58.